The van der Waals surface area contributed by atoms with Crippen LogP contribution in [0, 0.1) is 11.8 Å². The molecule has 0 aliphatic carbocycles. The van der Waals surface area contributed by atoms with E-state index in [0.29, 0.717) is 75.5 Å². The Bertz CT molecular complexity index is 2190. The standard InChI is InChI=1S/C59H92O14Si2/c1-34-26-39-20-22-44(61)35(2)27-41(67-56(62)37-18-16-15-17-19-37)24-25-59-32-49-52(71-59)53-54(70-49)55(72-59)51-45(69-53)23-21-40(66-51)28-38(60)29-43-47(31-46(65-39)36(34)3)68-48(50(43)63-10)30-42(73-75(13,14)58(7,8)9)33-64-74(11,12)57(4,5)6/h15-19,34,39-55,61H,2-3,20-33H2,1,4-14H3/t34-,39+,40?,41+,42+,43?,44-,45+,46?,47+,48?,49?,50-,51+,52+,53+,54-,55+,59+/m1/s1. The molecule has 1 aromatic rings. The topological polar surface area (TPSA) is 156 Å². The summed E-state index contributed by atoms with van der Waals surface area (Å²) in [5.41, 5.74) is 2.03. The van der Waals surface area contributed by atoms with Crippen LogP contribution in [-0.2, 0) is 56.3 Å². The summed E-state index contributed by atoms with van der Waals surface area (Å²) in [6.07, 6.45) is 0.0300. The third-order valence-electron chi connectivity index (χ3n) is 19.4. The average molecular weight is 1080 g/mol. The second-order valence-corrected chi connectivity index (χ2v) is 36.3. The zero-order valence-corrected chi connectivity index (χ0v) is 49.3. The Morgan fingerprint density at radius 3 is 2.16 bits per heavy atom. The minimum absolute atomic E-state index is 0.0201. The fourth-order valence-corrected chi connectivity index (χ4v) is 15.2. The first-order valence-corrected chi connectivity index (χ1v) is 34.3. The molecule has 10 bridgehead atoms. The second-order valence-electron chi connectivity index (χ2n) is 26.8. The molecule has 9 fully saturated rings. The molecule has 0 radical (unpaired) electrons. The summed E-state index contributed by atoms with van der Waals surface area (Å²) in [5, 5.41) is 11.8. The van der Waals surface area contributed by atoms with Gasteiger partial charge < -0.3 is 56.6 Å². The largest absolute Gasteiger partial charge is 0.458 e. The van der Waals surface area contributed by atoms with Gasteiger partial charge in [-0.05, 0) is 104 Å². The molecule has 0 amide bonds. The van der Waals surface area contributed by atoms with Crippen molar-refractivity contribution < 1.29 is 66.2 Å². The Hall–Kier alpha value is -2.17. The molecule has 1 spiro atoms. The number of rotatable bonds is 10. The highest BCUT2D eigenvalue weighted by Gasteiger charge is 2.69. The number of fused-ring (bicyclic) bond motifs is 4. The number of carbonyl (C=O) groups is 2. The minimum atomic E-state index is -2.28. The SMILES string of the molecule is C=C1C2C[C@@H]3OC(C[C@@H](CO[Si](C)(C)C(C)(C)C)O[Si](C)(C)C(C)(C)C)[C@H](OC)C3CC(=O)CC3CC[C@@H]4O[C@@H]5[C@H]6OC7C[C@](CC[C@H](OC(=O)c8ccccc8)CC(=C)[C@H](O)CC[C@@H](C[C@H]1C)O2)(O[C@H]6[C@H]4O3)O[C@@H]75. The number of Topliss-reactive ketones (excluding diaryl/α,β-unsaturated/α-hetero) is 1. The molecule has 5 unspecified atom stereocenters. The number of aliphatic hydroxyl groups is 1. The number of ketones is 1. The molecule has 420 valence electrons. The normalized spacial score (nSPS) is 40.4. The number of ether oxygens (including phenoxy) is 9. The summed E-state index contributed by atoms with van der Waals surface area (Å²) < 4.78 is 75.6. The van der Waals surface area contributed by atoms with Gasteiger partial charge in [-0.25, -0.2) is 4.79 Å². The molecular formula is C59H92O14Si2. The zero-order chi connectivity index (χ0) is 54.0. The molecule has 19 atom stereocenters. The van der Waals surface area contributed by atoms with Crippen LogP contribution < -0.4 is 0 Å². The van der Waals surface area contributed by atoms with E-state index >= 15 is 0 Å². The highest BCUT2D eigenvalue weighted by atomic mass is 28.4. The van der Waals surface area contributed by atoms with Gasteiger partial charge in [0.05, 0.1) is 73.2 Å². The molecule has 14 nitrogen and oxygen atoms in total. The van der Waals surface area contributed by atoms with Crippen molar-refractivity contribution in [3.05, 3.63) is 60.2 Å². The molecule has 10 rings (SSSR count). The fraction of sp³-hybridized carbons (Fsp3) is 0.797. The quantitative estimate of drug-likeness (QED) is 0.134. The molecule has 9 aliphatic rings. The van der Waals surface area contributed by atoms with Crippen molar-refractivity contribution in [2.75, 3.05) is 13.7 Å². The van der Waals surface area contributed by atoms with Crippen LogP contribution >= 0.6 is 0 Å². The Balaban J connectivity index is 1.00. The lowest BCUT2D eigenvalue weighted by Gasteiger charge is -2.47. The van der Waals surface area contributed by atoms with Crippen LogP contribution in [0.4, 0.5) is 0 Å². The molecule has 0 saturated carbocycles. The van der Waals surface area contributed by atoms with E-state index in [1.165, 1.54) is 0 Å². The first-order chi connectivity index (χ1) is 35.2. The third kappa shape index (κ3) is 12.4. The molecule has 75 heavy (non-hydrogen) atoms. The van der Waals surface area contributed by atoms with Crippen molar-refractivity contribution in [3.63, 3.8) is 0 Å². The maximum absolute atomic E-state index is 14.8. The summed E-state index contributed by atoms with van der Waals surface area (Å²) in [5.74, 6) is -1.52. The van der Waals surface area contributed by atoms with Gasteiger partial charge in [0.1, 0.15) is 42.4 Å². The Morgan fingerprint density at radius 1 is 0.773 bits per heavy atom. The monoisotopic (exact) mass is 1080 g/mol. The highest BCUT2D eigenvalue weighted by molar-refractivity contribution is 6.74. The van der Waals surface area contributed by atoms with E-state index < -0.39 is 58.9 Å². The van der Waals surface area contributed by atoms with Crippen LogP contribution in [0.1, 0.15) is 142 Å². The van der Waals surface area contributed by atoms with Crippen molar-refractivity contribution in [1.82, 2.24) is 0 Å². The van der Waals surface area contributed by atoms with E-state index in [0.717, 1.165) is 12.0 Å². The third-order valence-corrected chi connectivity index (χ3v) is 28.4. The molecule has 16 heteroatoms. The van der Waals surface area contributed by atoms with E-state index in [-0.39, 0.29) is 114 Å². The molecule has 9 heterocycles. The van der Waals surface area contributed by atoms with Crippen LogP contribution in [-0.4, -0.2) is 151 Å². The summed E-state index contributed by atoms with van der Waals surface area (Å²) >= 11 is 0. The van der Waals surface area contributed by atoms with Crippen molar-refractivity contribution in [2.24, 2.45) is 11.8 Å². The van der Waals surface area contributed by atoms with Gasteiger partial charge in [-0.15, -0.1) is 0 Å². The van der Waals surface area contributed by atoms with Crippen LogP contribution in [0.25, 0.3) is 0 Å². The number of aliphatic hydroxyl groups excluding tert-OH is 1. The van der Waals surface area contributed by atoms with E-state index in [9.17, 15) is 14.7 Å². The van der Waals surface area contributed by atoms with Gasteiger partial charge in [0.15, 0.2) is 22.4 Å². The van der Waals surface area contributed by atoms with Crippen LogP contribution in [0.15, 0.2) is 54.6 Å². The molecule has 0 aromatic heterocycles. The minimum Gasteiger partial charge on any atom is -0.458 e. The molecule has 1 N–H and O–H groups in total. The Morgan fingerprint density at radius 2 is 1.45 bits per heavy atom. The maximum atomic E-state index is 14.8. The van der Waals surface area contributed by atoms with Crippen LogP contribution in [0.2, 0.25) is 36.3 Å². The van der Waals surface area contributed by atoms with Crippen molar-refractivity contribution >= 4 is 28.4 Å². The number of methoxy groups -OCH3 is 1. The molecular weight excluding hydrogens is 989 g/mol. The second kappa shape index (κ2) is 22.4. The maximum Gasteiger partial charge on any atom is 0.338 e. The number of carbonyl (C=O) groups excluding carboxylic acids is 2. The Kier molecular flexibility index (Phi) is 17.2. The lowest BCUT2D eigenvalue weighted by Crippen LogP contribution is -2.61. The van der Waals surface area contributed by atoms with Gasteiger partial charge in [0, 0.05) is 58.0 Å². The molecule has 9 aliphatic heterocycles. The summed E-state index contributed by atoms with van der Waals surface area (Å²) in [4.78, 5) is 28.4. The number of hydrogen-bond acceptors (Lipinski definition) is 14. The highest BCUT2D eigenvalue weighted by Crippen LogP contribution is 2.54. The van der Waals surface area contributed by atoms with E-state index in [1.54, 1.807) is 19.2 Å². The average Bonchev–Trinajstić information content (AvgIpc) is 3.90. The number of benzene rings is 1. The van der Waals surface area contributed by atoms with Gasteiger partial charge in [0.2, 0.25) is 0 Å². The fourth-order valence-electron chi connectivity index (χ4n) is 12.8. The molecule has 1 aromatic carbocycles. The van der Waals surface area contributed by atoms with E-state index in [4.69, 9.17) is 51.5 Å². The van der Waals surface area contributed by atoms with Crippen molar-refractivity contribution in [2.45, 2.75) is 272 Å². The lowest BCUT2D eigenvalue weighted by atomic mass is 9.81. The molecule has 9 saturated heterocycles. The van der Waals surface area contributed by atoms with Gasteiger partial charge >= 0.3 is 5.97 Å². The van der Waals surface area contributed by atoms with Crippen LogP contribution in [0.5, 0.6) is 0 Å². The first-order valence-electron chi connectivity index (χ1n) is 28.5. The van der Waals surface area contributed by atoms with E-state index in [1.807, 2.05) is 18.2 Å². The predicted molar refractivity (Wildman–Crippen MR) is 289 cm³/mol. The van der Waals surface area contributed by atoms with Gasteiger partial charge in [-0.1, -0.05) is 79.8 Å². The summed E-state index contributed by atoms with van der Waals surface area (Å²) in [6, 6.07) is 8.96. The number of esters is 1. The summed E-state index contributed by atoms with van der Waals surface area (Å²) in [6.45, 7) is 34.3. The Labute approximate surface area is 450 Å². The van der Waals surface area contributed by atoms with Crippen molar-refractivity contribution in [3.8, 4) is 0 Å². The number of hydrogen-bond donors (Lipinski definition) is 1. The first kappa shape index (κ1) is 57.5. The van der Waals surface area contributed by atoms with Gasteiger partial charge in [0.25, 0.3) is 0 Å². The van der Waals surface area contributed by atoms with Gasteiger partial charge in [-0.2, -0.15) is 0 Å². The lowest BCUT2D eigenvalue weighted by molar-refractivity contribution is -0.292. The smallest absolute Gasteiger partial charge is 0.338 e. The van der Waals surface area contributed by atoms with Gasteiger partial charge in [-0.3, -0.25) is 4.79 Å². The van der Waals surface area contributed by atoms with Crippen molar-refractivity contribution in [1.29, 1.82) is 0 Å². The van der Waals surface area contributed by atoms with E-state index in [2.05, 4.69) is 87.8 Å². The van der Waals surface area contributed by atoms with Crippen LogP contribution in [0.3, 0.4) is 0 Å². The summed E-state index contributed by atoms with van der Waals surface area (Å²) in [7, 11) is -2.69. The zero-order valence-electron chi connectivity index (χ0n) is 47.3. The predicted octanol–water partition coefficient (Wildman–Crippen LogP) is 10.3.